The van der Waals surface area contributed by atoms with Crippen LogP contribution >= 0.6 is 0 Å². The highest BCUT2D eigenvalue weighted by Crippen LogP contribution is 2.26. The minimum atomic E-state index is -2.12. The van der Waals surface area contributed by atoms with Crippen molar-refractivity contribution in [2.24, 2.45) is 0 Å². The first-order valence-electron chi connectivity index (χ1n) is 6.56. The molecule has 0 heterocycles. The van der Waals surface area contributed by atoms with Crippen molar-refractivity contribution in [1.82, 2.24) is 0 Å². The molecule has 0 saturated carbocycles. The van der Waals surface area contributed by atoms with Gasteiger partial charge in [0, 0.05) is 13.2 Å². The van der Waals surface area contributed by atoms with E-state index in [9.17, 15) is 4.79 Å². The number of benzene rings is 2. The first kappa shape index (κ1) is 15.3. The molecule has 0 aliphatic carbocycles. The SMILES string of the molecule is C=CC(=O)Oc1ccc2cc(O[Si](C)(C)OC)ccc2c1. The highest BCUT2D eigenvalue weighted by Gasteiger charge is 2.24. The molecule has 0 fully saturated rings. The average molecular weight is 302 g/mol. The molecule has 0 N–H and O–H groups in total. The summed E-state index contributed by atoms with van der Waals surface area (Å²) in [5.74, 6) is 0.798. The fraction of sp³-hybridized carbons (Fsp3) is 0.188. The Morgan fingerprint density at radius 3 is 2.24 bits per heavy atom. The monoisotopic (exact) mass is 302 g/mol. The number of rotatable bonds is 5. The van der Waals surface area contributed by atoms with Gasteiger partial charge in [-0.2, -0.15) is 0 Å². The van der Waals surface area contributed by atoms with Crippen molar-refractivity contribution in [2.45, 2.75) is 13.1 Å². The third-order valence-corrected chi connectivity index (χ3v) is 4.73. The molecule has 110 valence electrons. The molecule has 0 unspecified atom stereocenters. The van der Waals surface area contributed by atoms with Crippen LogP contribution < -0.4 is 9.16 Å². The van der Waals surface area contributed by atoms with Crippen molar-refractivity contribution in [3.05, 3.63) is 49.1 Å². The van der Waals surface area contributed by atoms with E-state index in [2.05, 4.69) is 6.58 Å². The van der Waals surface area contributed by atoms with E-state index >= 15 is 0 Å². The van der Waals surface area contributed by atoms with Gasteiger partial charge in [0.15, 0.2) is 0 Å². The lowest BCUT2D eigenvalue weighted by Gasteiger charge is -2.21. The zero-order valence-corrected chi connectivity index (χ0v) is 13.4. The van der Waals surface area contributed by atoms with Crippen molar-refractivity contribution < 1.29 is 18.4 Å². The zero-order chi connectivity index (χ0) is 15.5. The van der Waals surface area contributed by atoms with Gasteiger partial charge < -0.3 is 13.6 Å². The highest BCUT2D eigenvalue weighted by molar-refractivity contribution is 6.65. The number of hydrogen-bond acceptors (Lipinski definition) is 4. The molecule has 0 bridgehead atoms. The molecule has 2 aromatic rings. The quantitative estimate of drug-likeness (QED) is 0.366. The lowest BCUT2D eigenvalue weighted by atomic mass is 10.1. The zero-order valence-electron chi connectivity index (χ0n) is 12.4. The third-order valence-electron chi connectivity index (χ3n) is 3.02. The van der Waals surface area contributed by atoms with Crippen LogP contribution in [0.3, 0.4) is 0 Å². The van der Waals surface area contributed by atoms with Gasteiger partial charge in [0.25, 0.3) is 0 Å². The Morgan fingerprint density at radius 2 is 1.67 bits per heavy atom. The van der Waals surface area contributed by atoms with Crippen LogP contribution in [0.2, 0.25) is 13.1 Å². The van der Waals surface area contributed by atoms with Crippen molar-refractivity contribution >= 4 is 25.3 Å². The van der Waals surface area contributed by atoms with E-state index in [-0.39, 0.29) is 0 Å². The topological polar surface area (TPSA) is 44.8 Å². The highest BCUT2D eigenvalue weighted by atomic mass is 28.4. The van der Waals surface area contributed by atoms with Crippen LogP contribution in [0.4, 0.5) is 0 Å². The molecule has 0 aromatic heterocycles. The Balaban J connectivity index is 2.27. The molecule has 2 rings (SSSR count). The van der Waals surface area contributed by atoms with Crippen LogP contribution in [0.5, 0.6) is 11.5 Å². The normalized spacial score (nSPS) is 11.2. The van der Waals surface area contributed by atoms with E-state index < -0.39 is 14.5 Å². The summed E-state index contributed by atoms with van der Waals surface area (Å²) < 4.78 is 16.4. The van der Waals surface area contributed by atoms with Crippen molar-refractivity contribution in [1.29, 1.82) is 0 Å². The first-order valence-corrected chi connectivity index (χ1v) is 9.37. The molecular weight excluding hydrogens is 284 g/mol. The molecule has 4 nitrogen and oxygen atoms in total. The molecule has 21 heavy (non-hydrogen) atoms. The summed E-state index contributed by atoms with van der Waals surface area (Å²) in [6.07, 6.45) is 1.14. The summed E-state index contributed by atoms with van der Waals surface area (Å²) in [6, 6.07) is 11.2. The van der Waals surface area contributed by atoms with E-state index in [0.29, 0.717) is 5.75 Å². The number of carbonyl (C=O) groups is 1. The van der Waals surface area contributed by atoms with Crippen LogP contribution in [-0.4, -0.2) is 21.6 Å². The molecule has 0 radical (unpaired) electrons. The predicted molar refractivity (Wildman–Crippen MR) is 84.9 cm³/mol. The second-order valence-electron chi connectivity index (χ2n) is 5.00. The molecule has 0 spiro atoms. The summed E-state index contributed by atoms with van der Waals surface area (Å²) in [5, 5.41) is 1.97. The summed E-state index contributed by atoms with van der Waals surface area (Å²) in [4.78, 5) is 11.2. The van der Waals surface area contributed by atoms with Crippen molar-refractivity contribution in [2.75, 3.05) is 7.11 Å². The van der Waals surface area contributed by atoms with Gasteiger partial charge in [0.1, 0.15) is 11.5 Å². The molecule has 0 saturated heterocycles. The summed E-state index contributed by atoms with van der Waals surface area (Å²) in [5.41, 5.74) is 0. The minimum absolute atomic E-state index is 0.470. The maximum absolute atomic E-state index is 11.2. The van der Waals surface area contributed by atoms with Crippen LogP contribution in [0.1, 0.15) is 0 Å². The van der Waals surface area contributed by atoms with E-state index in [1.165, 1.54) is 0 Å². The van der Waals surface area contributed by atoms with Crippen LogP contribution in [-0.2, 0) is 9.22 Å². The van der Waals surface area contributed by atoms with Gasteiger partial charge in [-0.15, -0.1) is 0 Å². The maximum Gasteiger partial charge on any atom is 0.392 e. The van der Waals surface area contributed by atoms with Gasteiger partial charge in [0.2, 0.25) is 0 Å². The standard InChI is InChI=1S/C16H18O4Si/c1-5-16(17)19-14-8-6-13-11-15(9-7-12(13)10-14)20-21(3,4)18-2/h5-11H,1H2,2-4H3. The smallest absolute Gasteiger partial charge is 0.392 e. The van der Waals surface area contributed by atoms with E-state index in [1.54, 1.807) is 19.2 Å². The molecular formula is C16H18O4Si. The number of esters is 1. The minimum Gasteiger partial charge on any atom is -0.520 e. The Labute approximate surface area is 125 Å². The first-order chi connectivity index (χ1) is 9.93. The Morgan fingerprint density at radius 1 is 1.10 bits per heavy atom. The third kappa shape index (κ3) is 3.93. The molecule has 2 aromatic carbocycles. The van der Waals surface area contributed by atoms with Crippen molar-refractivity contribution in [3.8, 4) is 11.5 Å². The molecule has 0 aliphatic heterocycles. The fourth-order valence-corrected chi connectivity index (χ4v) is 2.59. The second kappa shape index (κ2) is 6.11. The number of hydrogen-bond donors (Lipinski definition) is 0. The second-order valence-corrected chi connectivity index (χ2v) is 8.41. The number of ether oxygens (including phenoxy) is 1. The molecule has 0 aliphatic rings. The van der Waals surface area contributed by atoms with Crippen molar-refractivity contribution in [3.63, 3.8) is 0 Å². The van der Waals surface area contributed by atoms with Gasteiger partial charge >= 0.3 is 14.5 Å². The largest absolute Gasteiger partial charge is 0.520 e. The van der Waals surface area contributed by atoms with Crippen LogP contribution in [0.15, 0.2) is 49.1 Å². The van der Waals surface area contributed by atoms with Gasteiger partial charge in [-0.1, -0.05) is 18.7 Å². The molecule has 0 atom stereocenters. The van der Waals surface area contributed by atoms with Gasteiger partial charge in [-0.25, -0.2) is 4.79 Å². The van der Waals surface area contributed by atoms with E-state index in [0.717, 1.165) is 22.6 Å². The Kier molecular flexibility index (Phi) is 4.45. The van der Waals surface area contributed by atoms with E-state index in [1.807, 2.05) is 37.4 Å². The Bertz CT molecular complexity index is 679. The van der Waals surface area contributed by atoms with E-state index in [4.69, 9.17) is 13.6 Å². The fourth-order valence-electron chi connectivity index (χ4n) is 1.81. The maximum atomic E-state index is 11.2. The van der Waals surface area contributed by atoms with Gasteiger partial charge in [-0.05, 0) is 48.1 Å². The average Bonchev–Trinajstić information content (AvgIpc) is 2.47. The molecule has 5 heteroatoms. The summed E-state index contributed by atoms with van der Waals surface area (Å²) in [7, 11) is -0.463. The van der Waals surface area contributed by atoms with Gasteiger partial charge in [-0.3, -0.25) is 0 Å². The van der Waals surface area contributed by atoms with Gasteiger partial charge in [0.05, 0.1) is 0 Å². The predicted octanol–water partition coefficient (Wildman–Crippen LogP) is 3.66. The lowest BCUT2D eigenvalue weighted by molar-refractivity contribution is -0.128. The lowest BCUT2D eigenvalue weighted by Crippen LogP contribution is -2.36. The Hall–Kier alpha value is -2.11. The number of carbonyl (C=O) groups excluding carboxylic acids is 1. The van der Waals surface area contributed by atoms with Crippen LogP contribution in [0, 0.1) is 0 Å². The summed E-state index contributed by atoms with van der Waals surface area (Å²) >= 11 is 0. The molecule has 0 amide bonds. The number of fused-ring (bicyclic) bond motifs is 1. The summed E-state index contributed by atoms with van der Waals surface area (Å²) in [6.45, 7) is 7.34. The van der Waals surface area contributed by atoms with Crippen LogP contribution in [0.25, 0.3) is 10.8 Å².